The van der Waals surface area contributed by atoms with Crippen LogP contribution >= 0.6 is 0 Å². The average Bonchev–Trinajstić information content (AvgIpc) is 2.09. The van der Waals surface area contributed by atoms with Crippen LogP contribution in [0.5, 0.6) is 5.75 Å². The van der Waals surface area contributed by atoms with Crippen molar-refractivity contribution in [3.05, 3.63) is 108 Å². The van der Waals surface area contributed by atoms with Crippen LogP contribution in [0.25, 0.3) is 89.7 Å². The molecule has 0 saturated heterocycles. The number of benzene rings is 5. The predicted molar refractivity (Wildman–Crippen MR) is 290 cm³/mol. The summed E-state index contributed by atoms with van der Waals surface area (Å²) >= 11 is 0. The average molecular weight is 1200 g/mol. The van der Waals surface area contributed by atoms with E-state index in [9.17, 15) is 49.1 Å². The van der Waals surface area contributed by atoms with Crippen LogP contribution in [0.2, 0.25) is 0 Å². The van der Waals surface area contributed by atoms with Crippen LogP contribution < -0.4 is 93.8 Å². The molecule has 0 radical (unpaired) electrons. The van der Waals surface area contributed by atoms with Gasteiger partial charge in [-0.15, -0.1) is 5.75 Å². The van der Waals surface area contributed by atoms with Gasteiger partial charge in [-0.25, -0.2) is 46.7 Å². The fourth-order valence-corrected chi connectivity index (χ4v) is 14.7. The van der Waals surface area contributed by atoms with Crippen LogP contribution in [-0.4, -0.2) is 89.5 Å². The molecular weight excluding hydrogens is 1150 g/mol. The zero-order chi connectivity index (χ0) is 55.7. The molecule has 5 aliphatic rings. The molecule has 13 rings (SSSR count). The Morgan fingerprint density at radius 1 is 0.602 bits per heavy atom. The molecule has 2 saturated carbocycles. The Kier molecular flexibility index (Phi) is 16.8. The summed E-state index contributed by atoms with van der Waals surface area (Å²) in [6.45, 7) is 2.30. The van der Waals surface area contributed by atoms with Gasteiger partial charge in [0.2, 0.25) is 0 Å². The first-order valence-electron chi connectivity index (χ1n) is 25.9. The van der Waals surface area contributed by atoms with Crippen molar-refractivity contribution in [2.45, 2.75) is 97.3 Å². The standard InChI is InChI=1S/C58H48N8O11S3.3Na/c1-57-24-21-38-37-17-11-33(67)27-32(37)10-16-39(38)48(57)22-25-58(57,68)23-7-5-3-2-4-6-8-31-9-15-40-44(26-31)53-59-49(40)61-54-46-29-35(79(72,73)74)13-19-42(46)51(63-54)65-56-47-30-36(80(75,76)77)14-20-43(47)52(66-56)64-55-45-28-34(78(69,70)71)12-18-41(45)50(60-53)62-55;;;/h9,11-15,17-20,26-30,38-39,48,67-68H,3,5,7,10,16,21-25H2,1H3,(H,69,70,71)(H,72,73,74)(H,75,76,77)(H2,59,60,61,62,63,64,65,66);;;/q;3*+1/p-3/t38-,39-,48+,57+,58+;;;/m1.../s1. The molecule has 2 fully saturated rings. The number of rotatable bonds is 7. The van der Waals surface area contributed by atoms with E-state index >= 15 is 0 Å². The van der Waals surface area contributed by atoms with Crippen LogP contribution in [0.4, 0.5) is 0 Å². The molecule has 25 heteroatoms. The smallest absolute Gasteiger partial charge is 0.872 e. The molecule has 8 aromatic rings. The number of aromatic amines is 2. The molecule has 404 valence electrons. The molecule has 5 heterocycles. The van der Waals surface area contributed by atoms with Crippen LogP contribution in [0.15, 0.2) is 106 Å². The Morgan fingerprint density at radius 2 is 1.16 bits per heavy atom. The fourth-order valence-electron chi connectivity index (χ4n) is 13.2. The fraction of sp³-hybridized carbons (Fsp3) is 0.276. The minimum absolute atomic E-state index is 0. The van der Waals surface area contributed by atoms with Crippen molar-refractivity contribution in [1.82, 2.24) is 39.9 Å². The number of hydrogen-bond acceptors (Lipinski definition) is 16. The molecule has 19 nitrogen and oxygen atoms in total. The van der Waals surface area contributed by atoms with Crippen molar-refractivity contribution in [2.75, 3.05) is 0 Å². The second-order valence-electron chi connectivity index (χ2n) is 21.4. The van der Waals surface area contributed by atoms with Gasteiger partial charge in [-0.05, 0) is 177 Å². The van der Waals surface area contributed by atoms with E-state index in [-0.39, 0.29) is 179 Å². The molecule has 2 aliphatic heterocycles. The maximum Gasteiger partial charge on any atom is 1.00 e. The van der Waals surface area contributed by atoms with Crippen LogP contribution in [0.3, 0.4) is 0 Å². The number of nitrogens with one attached hydrogen (secondary N) is 2. The third kappa shape index (κ3) is 11.1. The van der Waals surface area contributed by atoms with Gasteiger partial charge in [0.25, 0.3) is 10.1 Å². The van der Waals surface area contributed by atoms with Gasteiger partial charge in [0.1, 0.15) is 42.8 Å². The van der Waals surface area contributed by atoms with Gasteiger partial charge >= 0.3 is 88.7 Å². The second kappa shape index (κ2) is 22.7. The van der Waals surface area contributed by atoms with Crippen molar-refractivity contribution in [1.29, 1.82) is 0 Å². The molecule has 3 aromatic heterocycles. The summed E-state index contributed by atoms with van der Waals surface area (Å²) < 4.78 is 109. The summed E-state index contributed by atoms with van der Waals surface area (Å²) in [6, 6.07) is 21.7. The summed E-state index contributed by atoms with van der Waals surface area (Å²) in [6.07, 6.45) is 8.67. The zero-order valence-electron chi connectivity index (χ0n) is 45.4. The van der Waals surface area contributed by atoms with Gasteiger partial charge in [0.15, 0.2) is 23.3 Å². The van der Waals surface area contributed by atoms with E-state index in [2.05, 4.69) is 45.6 Å². The van der Waals surface area contributed by atoms with Crippen molar-refractivity contribution in [3.63, 3.8) is 0 Å². The molecule has 83 heavy (non-hydrogen) atoms. The van der Waals surface area contributed by atoms with Gasteiger partial charge in [0.05, 0.1) is 20.3 Å². The largest absolute Gasteiger partial charge is 1.00 e. The third-order valence-corrected chi connectivity index (χ3v) is 19.7. The van der Waals surface area contributed by atoms with Gasteiger partial charge < -0.3 is 29.3 Å². The normalized spacial score (nSPS) is 20.3. The predicted octanol–water partition coefficient (Wildman–Crippen LogP) is -0.788. The van der Waals surface area contributed by atoms with Crippen molar-refractivity contribution < 1.29 is 138 Å². The van der Waals surface area contributed by atoms with Crippen LogP contribution in [0, 0.1) is 40.9 Å². The number of fused-ring (bicyclic) bond motifs is 25. The Labute approximate surface area is 543 Å². The molecule has 8 bridgehead atoms. The van der Waals surface area contributed by atoms with Crippen LogP contribution in [-0.2, 0) is 36.8 Å². The SMILES string of the molecule is C[C@]12CC[C@@H]3c4ccc([O-])cc4CC[C@H]3[C@@H]1CC[C@@]2(O)CCCCC#CC#Cc1ccc2c3nc4nc(nc5[nH]c(nc6nc(nc([nH]3)c2c1)-c1ccc(S(=O)(=O)[O-])cc1-6)c1ccc(S(=O)(=O)O)cc51)-c1ccc(S(=O)(=O)[O-])cc1-4.[Na+].[Na+].[Na+]. The summed E-state index contributed by atoms with van der Waals surface area (Å²) in [5.74, 6) is 13.5. The molecular formula is C58H45N8Na3O11S3. The summed E-state index contributed by atoms with van der Waals surface area (Å²) in [5, 5.41) is 25.7. The van der Waals surface area contributed by atoms with E-state index in [1.807, 2.05) is 12.1 Å². The number of hydrogen-bond donors (Lipinski definition) is 4. The number of H-pyrrole nitrogens is 2. The molecule has 0 amide bonds. The van der Waals surface area contributed by atoms with Crippen molar-refractivity contribution in [3.8, 4) is 75.0 Å². The van der Waals surface area contributed by atoms with E-state index in [4.69, 9.17) is 24.9 Å². The van der Waals surface area contributed by atoms with Crippen molar-refractivity contribution in [2.24, 2.45) is 17.3 Å². The third-order valence-electron chi connectivity index (χ3n) is 17.1. The maximum atomic E-state index is 12.4. The molecule has 3 aliphatic carbocycles. The quantitative estimate of drug-likeness (QED) is 0.0658. The van der Waals surface area contributed by atoms with E-state index < -0.39 is 50.6 Å². The molecule has 0 unspecified atom stereocenters. The minimum atomic E-state index is -4.97. The van der Waals surface area contributed by atoms with Gasteiger partial charge in [-0.1, -0.05) is 37.0 Å². The minimum Gasteiger partial charge on any atom is -0.872 e. The Hall–Kier alpha value is -4.93. The zero-order valence-corrected chi connectivity index (χ0v) is 53.9. The topological polar surface area (TPSA) is 321 Å². The van der Waals surface area contributed by atoms with Crippen molar-refractivity contribution >= 4 is 74.5 Å². The first kappa shape index (κ1) is 61.2. The Balaban J connectivity index is 0.00000256. The van der Waals surface area contributed by atoms with E-state index in [1.54, 1.807) is 24.3 Å². The summed E-state index contributed by atoms with van der Waals surface area (Å²) in [7, 11) is -14.7. The van der Waals surface area contributed by atoms with Gasteiger partial charge in [-0.2, -0.15) is 8.42 Å². The first-order chi connectivity index (χ1) is 38.1. The Morgan fingerprint density at radius 3 is 1.75 bits per heavy atom. The monoisotopic (exact) mass is 1190 g/mol. The number of nitrogens with zero attached hydrogens (tertiary/aromatic N) is 6. The molecule has 4 N–H and O–H groups in total. The van der Waals surface area contributed by atoms with E-state index in [0.717, 1.165) is 87.8 Å². The molecule has 5 atom stereocenters. The Bertz CT molecular complexity index is 4690. The maximum absolute atomic E-state index is 12.4. The number of unbranched alkanes of at least 4 members (excludes halogenated alkanes) is 2. The van der Waals surface area contributed by atoms with Gasteiger partial charge in [0, 0.05) is 55.8 Å². The molecule has 0 spiro atoms. The summed E-state index contributed by atoms with van der Waals surface area (Å²) in [5.41, 5.74) is 3.34. The second-order valence-corrected chi connectivity index (χ2v) is 25.6. The van der Waals surface area contributed by atoms with E-state index in [0.29, 0.717) is 46.9 Å². The summed E-state index contributed by atoms with van der Waals surface area (Å²) in [4.78, 5) is 33.3. The van der Waals surface area contributed by atoms with Gasteiger partial charge in [-0.3, -0.25) is 4.55 Å². The van der Waals surface area contributed by atoms with E-state index in [1.165, 1.54) is 29.3 Å². The number of aromatic nitrogens is 8. The molecule has 5 aromatic carbocycles. The van der Waals surface area contributed by atoms with Crippen LogP contribution in [0.1, 0.15) is 87.3 Å². The number of aryl methyl sites for hydroxylation is 1. The number of aliphatic hydroxyl groups is 1. The first-order valence-corrected chi connectivity index (χ1v) is 30.2.